The van der Waals surface area contributed by atoms with Crippen molar-refractivity contribution >= 4 is 5.91 Å². The Bertz CT molecular complexity index is 336. The number of rotatable bonds is 2. The van der Waals surface area contributed by atoms with Crippen molar-refractivity contribution in [2.24, 2.45) is 17.6 Å². The van der Waals surface area contributed by atoms with Crippen LogP contribution in [0.2, 0.25) is 0 Å². The highest BCUT2D eigenvalue weighted by Gasteiger charge is 2.41. The van der Waals surface area contributed by atoms with E-state index in [1.807, 2.05) is 4.90 Å². The van der Waals surface area contributed by atoms with E-state index in [2.05, 4.69) is 4.90 Å². The topological polar surface area (TPSA) is 69.8 Å². The molecule has 0 aromatic rings. The van der Waals surface area contributed by atoms with Crippen molar-refractivity contribution < 1.29 is 9.90 Å². The lowest BCUT2D eigenvalue weighted by molar-refractivity contribution is -0.135. The van der Waals surface area contributed by atoms with Gasteiger partial charge in [-0.25, -0.2) is 0 Å². The SMILES string of the molecule is NC1[C@@H]2CC[C@H]1CN(C(=O)CN1CCC[C@@H](O)C1)C2. The van der Waals surface area contributed by atoms with Gasteiger partial charge in [0.1, 0.15) is 0 Å². The van der Waals surface area contributed by atoms with Crippen molar-refractivity contribution in [3.05, 3.63) is 0 Å². The van der Waals surface area contributed by atoms with E-state index in [0.717, 1.165) is 32.5 Å². The number of carbonyl (C=O) groups excluding carboxylic acids is 1. The number of amides is 1. The average Bonchev–Trinajstić information content (AvgIpc) is 2.62. The van der Waals surface area contributed by atoms with Gasteiger partial charge < -0.3 is 15.7 Å². The van der Waals surface area contributed by atoms with Gasteiger partial charge in [0, 0.05) is 25.7 Å². The molecule has 19 heavy (non-hydrogen) atoms. The average molecular weight is 267 g/mol. The van der Waals surface area contributed by atoms with Gasteiger partial charge >= 0.3 is 0 Å². The van der Waals surface area contributed by atoms with Crippen molar-refractivity contribution in [3.8, 4) is 0 Å². The second kappa shape index (κ2) is 5.38. The molecule has 4 atom stereocenters. The molecule has 2 saturated heterocycles. The Hall–Kier alpha value is -0.650. The first-order valence-electron chi connectivity index (χ1n) is 7.57. The van der Waals surface area contributed by atoms with Crippen LogP contribution in [0.3, 0.4) is 0 Å². The zero-order valence-electron chi connectivity index (χ0n) is 11.5. The van der Waals surface area contributed by atoms with Gasteiger partial charge in [-0.05, 0) is 44.1 Å². The van der Waals surface area contributed by atoms with Crippen LogP contribution in [0.15, 0.2) is 0 Å². The van der Waals surface area contributed by atoms with E-state index >= 15 is 0 Å². The molecule has 1 unspecified atom stereocenters. The number of likely N-dealkylation sites (tertiary alicyclic amines) is 2. The zero-order valence-corrected chi connectivity index (χ0v) is 11.5. The van der Waals surface area contributed by atoms with E-state index in [0.29, 0.717) is 31.0 Å². The predicted molar refractivity (Wildman–Crippen MR) is 72.5 cm³/mol. The third-order valence-corrected chi connectivity index (χ3v) is 5.10. The number of nitrogens with two attached hydrogens (primary N) is 1. The van der Waals surface area contributed by atoms with Gasteiger partial charge in [0.05, 0.1) is 12.6 Å². The predicted octanol–water partition coefficient (Wildman–Crippen LogP) is -0.361. The van der Waals surface area contributed by atoms with Crippen LogP contribution < -0.4 is 5.73 Å². The number of hydrogen-bond donors (Lipinski definition) is 2. The molecule has 3 rings (SSSR count). The summed E-state index contributed by atoms with van der Waals surface area (Å²) in [7, 11) is 0. The largest absolute Gasteiger partial charge is 0.392 e. The van der Waals surface area contributed by atoms with Gasteiger partial charge in [0.25, 0.3) is 0 Å². The summed E-state index contributed by atoms with van der Waals surface area (Å²) < 4.78 is 0. The summed E-state index contributed by atoms with van der Waals surface area (Å²) in [6, 6.07) is 0.306. The highest BCUT2D eigenvalue weighted by atomic mass is 16.3. The van der Waals surface area contributed by atoms with Gasteiger partial charge in [-0.2, -0.15) is 0 Å². The number of aliphatic hydroxyl groups excluding tert-OH is 1. The highest BCUT2D eigenvalue weighted by molar-refractivity contribution is 5.78. The summed E-state index contributed by atoms with van der Waals surface area (Å²) in [4.78, 5) is 16.5. The first kappa shape index (κ1) is 13.3. The van der Waals surface area contributed by atoms with Crippen molar-refractivity contribution in [1.82, 2.24) is 9.80 Å². The number of β-amino-alcohol motifs (C(OH)–C–C–N with tert-alkyl or cyclic N) is 1. The number of fused-ring (bicyclic) bond motifs is 2. The Morgan fingerprint density at radius 3 is 2.47 bits per heavy atom. The summed E-state index contributed by atoms with van der Waals surface area (Å²) in [5, 5.41) is 9.65. The molecule has 108 valence electrons. The van der Waals surface area contributed by atoms with Crippen LogP contribution in [-0.4, -0.2) is 65.7 Å². The lowest BCUT2D eigenvalue weighted by atomic mass is 9.93. The third-order valence-electron chi connectivity index (χ3n) is 5.10. The molecule has 0 radical (unpaired) electrons. The second-order valence-electron chi connectivity index (χ2n) is 6.50. The van der Waals surface area contributed by atoms with E-state index in [1.165, 1.54) is 12.8 Å². The zero-order chi connectivity index (χ0) is 13.4. The normalized spacial score (nSPS) is 39.6. The maximum absolute atomic E-state index is 12.4. The van der Waals surface area contributed by atoms with Crippen molar-refractivity contribution in [3.63, 3.8) is 0 Å². The molecule has 1 saturated carbocycles. The van der Waals surface area contributed by atoms with Gasteiger partial charge in [-0.3, -0.25) is 9.69 Å². The molecular weight excluding hydrogens is 242 g/mol. The van der Waals surface area contributed by atoms with E-state index in [1.54, 1.807) is 0 Å². The van der Waals surface area contributed by atoms with E-state index in [4.69, 9.17) is 5.73 Å². The minimum absolute atomic E-state index is 0.220. The van der Waals surface area contributed by atoms with Gasteiger partial charge in [-0.1, -0.05) is 0 Å². The van der Waals surface area contributed by atoms with Crippen LogP contribution in [-0.2, 0) is 4.79 Å². The van der Waals surface area contributed by atoms with E-state index in [-0.39, 0.29) is 12.0 Å². The lowest BCUT2D eigenvalue weighted by Gasteiger charge is -2.38. The summed E-state index contributed by atoms with van der Waals surface area (Å²) in [5.74, 6) is 1.24. The Kier molecular flexibility index (Phi) is 3.78. The molecule has 2 aliphatic heterocycles. The highest BCUT2D eigenvalue weighted by Crippen LogP contribution is 2.35. The lowest BCUT2D eigenvalue weighted by Crippen LogP contribution is -2.53. The number of piperidine rings is 2. The quantitative estimate of drug-likeness (QED) is 0.717. The fourth-order valence-electron chi connectivity index (χ4n) is 3.93. The van der Waals surface area contributed by atoms with E-state index < -0.39 is 0 Å². The van der Waals surface area contributed by atoms with Crippen LogP contribution in [0.5, 0.6) is 0 Å². The molecule has 3 aliphatic rings. The Balaban J connectivity index is 1.53. The first-order valence-corrected chi connectivity index (χ1v) is 7.57. The Morgan fingerprint density at radius 2 is 1.84 bits per heavy atom. The van der Waals surface area contributed by atoms with Crippen LogP contribution in [0.4, 0.5) is 0 Å². The standard InChI is InChI=1S/C14H25N3O2/c15-14-10-3-4-11(14)7-17(6-10)13(19)9-16-5-1-2-12(18)8-16/h10-12,14,18H,1-9,15H2/t10-,11+,12-,14?/m1/s1. The molecule has 5 nitrogen and oxygen atoms in total. The van der Waals surface area contributed by atoms with Crippen LogP contribution in [0, 0.1) is 11.8 Å². The van der Waals surface area contributed by atoms with Crippen LogP contribution in [0.25, 0.3) is 0 Å². The Labute approximate surface area is 114 Å². The van der Waals surface area contributed by atoms with Gasteiger partial charge in [0.15, 0.2) is 0 Å². The number of carbonyl (C=O) groups is 1. The summed E-state index contributed by atoms with van der Waals surface area (Å²) in [6.45, 7) is 3.72. The third kappa shape index (κ3) is 2.78. The minimum atomic E-state index is -0.257. The second-order valence-corrected chi connectivity index (χ2v) is 6.50. The molecule has 1 aliphatic carbocycles. The fourth-order valence-corrected chi connectivity index (χ4v) is 3.93. The summed E-state index contributed by atoms with van der Waals surface area (Å²) >= 11 is 0. The van der Waals surface area contributed by atoms with Crippen molar-refractivity contribution in [1.29, 1.82) is 0 Å². The molecular formula is C14H25N3O2. The Morgan fingerprint density at radius 1 is 1.16 bits per heavy atom. The molecule has 2 heterocycles. The van der Waals surface area contributed by atoms with E-state index in [9.17, 15) is 9.90 Å². The molecule has 0 spiro atoms. The number of hydrogen-bond acceptors (Lipinski definition) is 4. The molecule has 5 heteroatoms. The summed E-state index contributed by atoms with van der Waals surface area (Å²) in [6.07, 6.45) is 3.96. The van der Waals surface area contributed by atoms with Gasteiger partial charge in [0.2, 0.25) is 5.91 Å². The molecule has 3 N–H and O–H groups in total. The van der Waals surface area contributed by atoms with Crippen LogP contribution >= 0.6 is 0 Å². The molecule has 1 amide bonds. The summed E-state index contributed by atoms with van der Waals surface area (Å²) in [5.41, 5.74) is 6.17. The smallest absolute Gasteiger partial charge is 0.236 e. The molecule has 0 aromatic carbocycles. The fraction of sp³-hybridized carbons (Fsp3) is 0.929. The first-order chi connectivity index (χ1) is 9.13. The number of aliphatic hydroxyl groups is 1. The monoisotopic (exact) mass is 267 g/mol. The minimum Gasteiger partial charge on any atom is -0.392 e. The maximum Gasteiger partial charge on any atom is 0.236 e. The molecule has 3 fully saturated rings. The maximum atomic E-state index is 12.4. The molecule has 2 bridgehead atoms. The number of nitrogens with zero attached hydrogens (tertiary/aromatic N) is 2. The molecule has 0 aromatic heterocycles. The van der Waals surface area contributed by atoms with Gasteiger partial charge in [-0.15, -0.1) is 0 Å². The van der Waals surface area contributed by atoms with Crippen molar-refractivity contribution in [2.75, 3.05) is 32.7 Å². The van der Waals surface area contributed by atoms with Crippen LogP contribution in [0.1, 0.15) is 25.7 Å². The van der Waals surface area contributed by atoms with Crippen molar-refractivity contribution in [2.45, 2.75) is 37.8 Å².